The molecule has 4 rings (SSSR count). The molecule has 0 bridgehead atoms. The highest BCUT2D eigenvalue weighted by molar-refractivity contribution is 7.14. The summed E-state index contributed by atoms with van der Waals surface area (Å²) < 4.78 is 18.9. The van der Waals surface area contributed by atoms with Crippen molar-refractivity contribution < 1.29 is 13.6 Å². The second kappa shape index (κ2) is 6.16. The van der Waals surface area contributed by atoms with Crippen molar-refractivity contribution in [3.63, 3.8) is 0 Å². The summed E-state index contributed by atoms with van der Waals surface area (Å²) in [5.74, 6) is 0.901. The van der Waals surface area contributed by atoms with Crippen molar-refractivity contribution in [3.8, 4) is 10.8 Å². The molecule has 0 aliphatic heterocycles. The molecule has 5 nitrogen and oxygen atoms in total. The van der Waals surface area contributed by atoms with Gasteiger partial charge in [0.25, 0.3) is 5.89 Å². The maximum atomic E-state index is 13.2. The van der Waals surface area contributed by atoms with E-state index in [0.717, 1.165) is 17.7 Å². The van der Waals surface area contributed by atoms with Crippen LogP contribution in [0.4, 0.5) is 10.1 Å². The number of amides is 1. The molecule has 7 heteroatoms. The van der Waals surface area contributed by atoms with Crippen LogP contribution in [0.5, 0.6) is 0 Å². The molecule has 1 fully saturated rings. The first-order valence-electron chi connectivity index (χ1n) is 7.64. The number of nitrogens with one attached hydrogen (secondary N) is 1. The lowest BCUT2D eigenvalue weighted by molar-refractivity contribution is -0.115. The largest absolute Gasteiger partial charge is 0.420 e. The molecule has 2 aromatic heterocycles. The molecule has 0 unspecified atom stereocenters. The van der Waals surface area contributed by atoms with Gasteiger partial charge >= 0.3 is 0 Å². The van der Waals surface area contributed by atoms with E-state index in [0.29, 0.717) is 29.0 Å². The lowest BCUT2D eigenvalue weighted by atomic mass is 10.1. The molecular formula is C17H14FN3O2S. The topological polar surface area (TPSA) is 68.0 Å². The van der Waals surface area contributed by atoms with Gasteiger partial charge in [0.2, 0.25) is 11.8 Å². The molecule has 24 heavy (non-hydrogen) atoms. The smallest absolute Gasteiger partial charge is 0.259 e. The zero-order chi connectivity index (χ0) is 16.5. The van der Waals surface area contributed by atoms with E-state index < -0.39 is 0 Å². The van der Waals surface area contributed by atoms with Crippen LogP contribution in [0, 0.1) is 5.82 Å². The number of benzene rings is 1. The Morgan fingerprint density at radius 2 is 2.21 bits per heavy atom. The van der Waals surface area contributed by atoms with E-state index in [-0.39, 0.29) is 18.1 Å². The Morgan fingerprint density at radius 1 is 1.33 bits per heavy atom. The highest BCUT2D eigenvalue weighted by atomic mass is 32.1. The summed E-state index contributed by atoms with van der Waals surface area (Å²) in [7, 11) is 0. The van der Waals surface area contributed by atoms with Gasteiger partial charge in [-0.05, 0) is 42.0 Å². The first-order valence-corrected chi connectivity index (χ1v) is 8.52. The summed E-state index contributed by atoms with van der Waals surface area (Å²) >= 11 is 1.43. The Hall–Kier alpha value is -2.54. The van der Waals surface area contributed by atoms with E-state index in [2.05, 4.69) is 15.5 Å². The van der Waals surface area contributed by atoms with Gasteiger partial charge in [-0.15, -0.1) is 21.5 Å². The third-order valence-electron chi connectivity index (χ3n) is 3.75. The minimum Gasteiger partial charge on any atom is -0.420 e. The van der Waals surface area contributed by atoms with Gasteiger partial charge in [0.05, 0.1) is 12.1 Å². The number of hydrogen-bond donors (Lipinski definition) is 1. The quantitative estimate of drug-likeness (QED) is 0.760. The molecule has 1 N–H and O–H groups in total. The summed E-state index contributed by atoms with van der Waals surface area (Å²) in [4.78, 5) is 12.9. The Kier molecular flexibility index (Phi) is 3.86. The normalized spacial score (nSPS) is 13.9. The minimum absolute atomic E-state index is 0.101. The maximum Gasteiger partial charge on any atom is 0.259 e. The third-order valence-corrected chi connectivity index (χ3v) is 4.66. The van der Waals surface area contributed by atoms with Gasteiger partial charge in [-0.3, -0.25) is 4.79 Å². The number of nitrogens with zero attached hydrogens (tertiary/aromatic N) is 2. The van der Waals surface area contributed by atoms with Crippen LogP contribution in [0.15, 0.2) is 40.1 Å². The Labute approximate surface area is 141 Å². The fraction of sp³-hybridized carbons (Fsp3) is 0.235. The van der Waals surface area contributed by atoms with Gasteiger partial charge in [0.1, 0.15) is 10.7 Å². The summed E-state index contributed by atoms with van der Waals surface area (Å²) in [5, 5.41) is 12.8. The van der Waals surface area contributed by atoms with Crippen molar-refractivity contribution in [3.05, 3.63) is 53.0 Å². The van der Waals surface area contributed by atoms with Crippen LogP contribution >= 0.6 is 11.3 Å². The number of anilines is 1. The van der Waals surface area contributed by atoms with Gasteiger partial charge in [0, 0.05) is 5.92 Å². The molecule has 1 aromatic carbocycles. The highest BCUT2D eigenvalue weighted by Gasteiger charge is 2.30. The summed E-state index contributed by atoms with van der Waals surface area (Å²) in [6, 6.07) is 7.81. The van der Waals surface area contributed by atoms with Crippen LogP contribution in [0.1, 0.15) is 30.2 Å². The van der Waals surface area contributed by atoms with E-state index >= 15 is 0 Å². The van der Waals surface area contributed by atoms with E-state index in [1.165, 1.54) is 23.5 Å². The standard InChI is InChI=1S/C17H14FN3O2S/c18-12-3-1-2-10(8-12)9-14(22)19-13-6-7-24-15(13)17-21-20-16(23-17)11-4-5-11/h1-3,6-8,11H,4-5,9H2,(H,19,22). The van der Waals surface area contributed by atoms with Crippen molar-refractivity contribution in [2.45, 2.75) is 25.2 Å². The SMILES string of the molecule is O=C(Cc1cccc(F)c1)Nc1ccsc1-c1nnc(C2CC2)o1. The molecular weight excluding hydrogens is 329 g/mol. The Bertz CT molecular complexity index is 885. The number of rotatable bonds is 5. The van der Waals surface area contributed by atoms with Crippen LogP contribution in [-0.4, -0.2) is 16.1 Å². The van der Waals surface area contributed by atoms with E-state index in [9.17, 15) is 9.18 Å². The minimum atomic E-state index is -0.352. The molecule has 0 radical (unpaired) electrons. The molecule has 0 spiro atoms. The molecule has 122 valence electrons. The van der Waals surface area contributed by atoms with Crippen molar-refractivity contribution in [1.82, 2.24) is 10.2 Å². The lowest BCUT2D eigenvalue weighted by Gasteiger charge is -2.05. The average Bonchev–Trinajstić information content (AvgIpc) is 3.10. The Balaban J connectivity index is 1.48. The molecule has 0 atom stereocenters. The van der Waals surface area contributed by atoms with Crippen LogP contribution in [0.25, 0.3) is 10.8 Å². The van der Waals surface area contributed by atoms with Crippen LogP contribution in [0.3, 0.4) is 0 Å². The van der Waals surface area contributed by atoms with E-state index in [1.807, 2.05) is 5.38 Å². The number of hydrogen-bond acceptors (Lipinski definition) is 5. The summed E-state index contributed by atoms with van der Waals surface area (Å²) in [5.41, 5.74) is 1.26. The zero-order valence-corrected chi connectivity index (χ0v) is 13.5. The van der Waals surface area contributed by atoms with Crippen LogP contribution < -0.4 is 5.32 Å². The van der Waals surface area contributed by atoms with Gasteiger partial charge in [-0.25, -0.2) is 4.39 Å². The highest BCUT2D eigenvalue weighted by Crippen LogP contribution is 2.41. The van der Waals surface area contributed by atoms with Crippen molar-refractivity contribution >= 4 is 22.9 Å². The molecule has 0 saturated heterocycles. The predicted molar refractivity (Wildman–Crippen MR) is 88.3 cm³/mol. The first kappa shape index (κ1) is 15.0. The second-order valence-corrected chi connectivity index (χ2v) is 6.65. The monoisotopic (exact) mass is 343 g/mol. The van der Waals surface area contributed by atoms with Crippen LogP contribution in [0.2, 0.25) is 0 Å². The molecule has 1 aliphatic rings. The number of aromatic nitrogens is 2. The van der Waals surface area contributed by atoms with Gasteiger partial charge in [0.15, 0.2) is 0 Å². The lowest BCUT2D eigenvalue weighted by Crippen LogP contribution is -2.14. The van der Waals surface area contributed by atoms with Crippen molar-refractivity contribution in [1.29, 1.82) is 0 Å². The summed E-state index contributed by atoms with van der Waals surface area (Å²) in [6.45, 7) is 0. The Morgan fingerprint density at radius 3 is 3.00 bits per heavy atom. The number of thiophene rings is 1. The second-order valence-electron chi connectivity index (χ2n) is 5.74. The molecule has 1 amide bonds. The predicted octanol–water partition coefficient (Wildman–Crippen LogP) is 4.00. The third kappa shape index (κ3) is 3.21. The van der Waals surface area contributed by atoms with Gasteiger partial charge < -0.3 is 9.73 Å². The number of carbonyl (C=O) groups is 1. The number of carbonyl (C=O) groups excluding carboxylic acids is 1. The van der Waals surface area contributed by atoms with Gasteiger partial charge in [-0.1, -0.05) is 12.1 Å². The molecule has 1 saturated carbocycles. The molecule has 3 aromatic rings. The summed E-state index contributed by atoms with van der Waals surface area (Å²) in [6.07, 6.45) is 2.27. The fourth-order valence-corrected chi connectivity index (χ4v) is 3.19. The average molecular weight is 343 g/mol. The molecule has 2 heterocycles. The molecule has 1 aliphatic carbocycles. The zero-order valence-electron chi connectivity index (χ0n) is 12.7. The van der Waals surface area contributed by atoms with Crippen LogP contribution in [-0.2, 0) is 11.2 Å². The van der Waals surface area contributed by atoms with Crippen molar-refractivity contribution in [2.24, 2.45) is 0 Å². The number of halogens is 1. The van der Waals surface area contributed by atoms with E-state index in [1.54, 1.807) is 18.2 Å². The van der Waals surface area contributed by atoms with E-state index in [4.69, 9.17) is 4.42 Å². The first-order chi connectivity index (χ1) is 11.7. The fourth-order valence-electron chi connectivity index (χ4n) is 2.42. The van der Waals surface area contributed by atoms with Gasteiger partial charge in [-0.2, -0.15) is 0 Å². The maximum absolute atomic E-state index is 13.2. The van der Waals surface area contributed by atoms with Crippen molar-refractivity contribution in [2.75, 3.05) is 5.32 Å².